The van der Waals surface area contributed by atoms with Crippen LogP contribution in [0.4, 0.5) is 0 Å². The van der Waals surface area contributed by atoms with E-state index in [0.717, 1.165) is 0 Å². The Hall–Kier alpha value is -2.14. The predicted octanol–water partition coefficient (Wildman–Crippen LogP) is 1.66. The molecule has 5 nitrogen and oxygen atoms in total. The molecule has 1 aromatic carbocycles. The molecule has 17 heavy (non-hydrogen) atoms. The number of para-hydroxylation sites is 1. The van der Waals surface area contributed by atoms with Gasteiger partial charge in [0.2, 0.25) is 5.76 Å². The van der Waals surface area contributed by atoms with Gasteiger partial charge in [-0.15, -0.1) is 0 Å². The smallest absolute Gasteiger partial charge is 0.372 e. The van der Waals surface area contributed by atoms with E-state index in [1.807, 2.05) is 0 Å². The predicted molar refractivity (Wildman–Crippen MR) is 61.2 cm³/mol. The molecule has 0 atom stereocenters. The van der Waals surface area contributed by atoms with E-state index < -0.39 is 5.97 Å². The van der Waals surface area contributed by atoms with Crippen molar-refractivity contribution >= 4 is 22.7 Å². The van der Waals surface area contributed by atoms with Crippen LogP contribution in [0.5, 0.6) is 0 Å². The van der Waals surface area contributed by atoms with E-state index >= 15 is 0 Å². The maximum Gasteiger partial charge on any atom is 0.372 e. The summed E-state index contributed by atoms with van der Waals surface area (Å²) in [4.78, 5) is 22.9. The second-order valence-electron chi connectivity index (χ2n) is 3.57. The monoisotopic (exact) mass is 233 g/mol. The average molecular weight is 233 g/mol. The van der Waals surface area contributed by atoms with Gasteiger partial charge in [0.05, 0.1) is 5.56 Å². The first-order valence-electron chi connectivity index (χ1n) is 5.13. The number of rotatable bonds is 4. The molecule has 5 heteroatoms. The summed E-state index contributed by atoms with van der Waals surface area (Å²) >= 11 is 0. The first kappa shape index (κ1) is 11.3. The highest BCUT2D eigenvalue weighted by Gasteiger charge is 2.24. The molecule has 0 aliphatic carbocycles. The van der Waals surface area contributed by atoms with Gasteiger partial charge in [-0.1, -0.05) is 18.2 Å². The van der Waals surface area contributed by atoms with Crippen molar-refractivity contribution in [1.29, 1.82) is 0 Å². The summed E-state index contributed by atoms with van der Waals surface area (Å²) in [6.45, 7) is 0.178. The van der Waals surface area contributed by atoms with Gasteiger partial charge in [0.25, 0.3) is 0 Å². The molecule has 0 aliphatic rings. The average Bonchev–Trinajstić information content (AvgIpc) is 2.68. The number of ketones is 1. The van der Waals surface area contributed by atoms with Crippen LogP contribution in [0.3, 0.4) is 0 Å². The van der Waals surface area contributed by atoms with Crippen LogP contribution in [0.15, 0.2) is 28.7 Å². The maximum atomic E-state index is 11.8. The summed E-state index contributed by atoms with van der Waals surface area (Å²) in [5.41, 5.74) is 5.81. The van der Waals surface area contributed by atoms with Gasteiger partial charge < -0.3 is 15.3 Å². The Morgan fingerprint density at radius 2 is 2.00 bits per heavy atom. The lowest BCUT2D eigenvalue weighted by atomic mass is 10.0. The number of carbonyl (C=O) groups is 2. The van der Waals surface area contributed by atoms with Crippen LogP contribution < -0.4 is 5.73 Å². The van der Waals surface area contributed by atoms with Crippen molar-refractivity contribution in [3.63, 3.8) is 0 Å². The third kappa shape index (κ3) is 1.92. The zero-order valence-corrected chi connectivity index (χ0v) is 8.97. The third-order valence-electron chi connectivity index (χ3n) is 2.44. The molecule has 0 radical (unpaired) electrons. The maximum absolute atomic E-state index is 11.8. The lowest BCUT2D eigenvalue weighted by molar-refractivity contribution is 0.0659. The number of carboxylic acid groups (broad SMARTS) is 1. The molecule has 0 spiro atoms. The minimum absolute atomic E-state index is 0.101. The number of fused-ring (bicyclic) bond motifs is 1. The van der Waals surface area contributed by atoms with Crippen LogP contribution in [0.25, 0.3) is 11.0 Å². The fourth-order valence-corrected chi connectivity index (χ4v) is 1.73. The summed E-state index contributed by atoms with van der Waals surface area (Å²) in [5.74, 6) is -1.87. The molecular formula is C12H11NO4. The zero-order chi connectivity index (χ0) is 12.4. The highest BCUT2D eigenvalue weighted by molar-refractivity contribution is 6.13. The van der Waals surface area contributed by atoms with Gasteiger partial charge in [-0.2, -0.15) is 0 Å². The normalized spacial score (nSPS) is 10.6. The van der Waals surface area contributed by atoms with Gasteiger partial charge in [-0.05, 0) is 12.6 Å². The molecule has 0 saturated carbocycles. The minimum atomic E-state index is -1.25. The second-order valence-corrected chi connectivity index (χ2v) is 3.57. The minimum Gasteiger partial charge on any atom is -0.475 e. The summed E-state index contributed by atoms with van der Waals surface area (Å²) in [7, 11) is 0. The Balaban J connectivity index is 2.68. The largest absolute Gasteiger partial charge is 0.475 e. The molecule has 0 bridgehead atoms. The summed E-state index contributed by atoms with van der Waals surface area (Å²) in [6, 6.07) is 6.73. The van der Waals surface area contributed by atoms with Crippen LogP contribution in [-0.2, 0) is 0 Å². The Morgan fingerprint density at radius 1 is 1.29 bits per heavy atom. The van der Waals surface area contributed by atoms with E-state index in [9.17, 15) is 9.59 Å². The number of carbonyl (C=O) groups excluding carboxylic acids is 1. The third-order valence-corrected chi connectivity index (χ3v) is 2.44. The van der Waals surface area contributed by atoms with Crippen LogP contribution in [-0.4, -0.2) is 23.4 Å². The number of carboxylic acids is 1. The second kappa shape index (κ2) is 4.39. The number of hydrogen-bond donors (Lipinski definition) is 2. The SMILES string of the molecule is NCCC(=O)c1c(C(=O)O)oc2ccccc12. The zero-order valence-electron chi connectivity index (χ0n) is 8.97. The summed E-state index contributed by atoms with van der Waals surface area (Å²) < 4.78 is 5.17. The molecule has 0 fully saturated rings. The number of nitrogens with two attached hydrogens (primary N) is 1. The number of benzene rings is 1. The Kier molecular flexibility index (Phi) is 2.93. The number of furan rings is 1. The van der Waals surface area contributed by atoms with Gasteiger partial charge in [0.15, 0.2) is 5.78 Å². The first-order chi connectivity index (χ1) is 8.15. The molecule has 2 aromatic rings. The van der Waals surface area contributed by atoms with E-state index in [4.69, 9.17) is 15.3 Å². The fourth-order valence-electron chi connectivity index (χ4n) is 1.73. The lowest BCUT2D eigenvalue weighted by Gasteiger charge is -1.97. The molecular weight excluding hydrogens is 222 g/mol. The standard InChI is InChI=1S/C12H11NO4/c13-6-5-8(14)10-7-3-1-2-4-9(7)17-11(10)12(15)16/h1-4H,5-6,13H2,(H,15,16). The van der Waals surface area contributed by atoms with Crippen molar-refractivity contribution in [3.8, 4) is 0 Å². The number of Topliss-reactive ketones (excluding diaryl/α,β-unsaturated/α-hetero) is 1. The van der Waals surface area contributed by atoms with Gasteiger partial charge in [0.1, 0.15) is 5.58 Å². The van der Waals surface area contributed by atoms with Gasteiger partial charge in [-0.25, -0.2) is 4.79 Å². The number of aromatic carboxylic acids is 1. The Labute approximate surface area is 96.8 Å². The topological polar surface area (TPSA) is 93.5 Å². The lowest BCUT2D eigenvalue weighted by Crippen LogP contribution is -2.11. The fraction of sp³-hybridized carbons (Fsp3) is 0.167. The quantitative estimate of drug-likeness (QED) is 0.783. The molecule has 0 unspecified atom stereocenters. The van der Waals surface area contributed by atoms with Gasteiger partial charge in [0, 0.05) is 11.8 Å². The summed E-state index contributed by atoms with van der Waals surface area (Å²) in [5, 5.41) is 9.52. The Bertz CT molecular complexity index is 585. The Morgan fingerprint density at radius 3 is 2.65 bits per heavy atom. The van der Waals surface area contributed by atoms with Crippen molar-refractivity contribution in [2.75, 3.05) is 6.54 Å². The molecule has 3 N–H and O–H groups in total. The van der Waals surface area contributed by atoms with E-state index in [-0.39, 0.29) is 30.1 Å². The van der Waals surface area contributed by atoms with Crippen LogP contribution in [0.1, 0.15) is 27.3 Å². The molecule has 0 saturated heterocycles. The first-order valence-corrected chi connectivity index (χ1v) is 5.13. The van der Waals surface area contributed by atoms with Gasteiger partial charge >= 0.3 is 5.97 Å². The molecule has 1 heterocycles. The summed E-state index contributed by atoms with van der Waals surface area (Å²) in [6.07, 6.45) is 0.101. The van der Waals surface area contributed by atoms with Crippen molar-refractivity contribution < 1.29 is 19.1 Å². The number of hydrogen-bond acceptors (Lipinski definition) is 4. The van der Waals surface area contributed by atoms with Crippen molar-refractivity contribution in [1.82, 2.24) is 0 Å². The van der Waals surface area contributed by atoms with Crippen molar-refractivity contribution in [2.45, 2.75) is 6.42 Å². The van der Waals surface area contributed by atoms with Crippen molar-refractivity contribution in [3.05, 3.63) is 35.6 Å². The van der Waals surface area contributed by atoms with Crippen LogP contribution in [0, 0.1) is 0 Å². The van der Waals surface area contributed by atoms with E-state index in [2.05, 4.69) is 0 Å². The highest BCUT2D eigenvalue weighted by atomic mass is 16.4. The van der Waals surface area contributed by atoms with Crippen LogP contribution >= 0.6 is 0 Å². The molecule has 0 amide bonds. The molecule has 1 aromatic heterocycles. The molecule has 2 rings (SSSR count). The molecule has 88 valence electrons. The van der Waals surface area contributed by atoms with Crippen LogP contribution in [0.2, 0.25) is 0 Å². The van der Waals surface area contributed by atoms with Gasteiger partial charge in [-0.3, -0.25) is 4.79 Å². The van der Waals surface area contributed by atoms with E-state index in [0.29, 0.717) is 11.0 Å². The highest BCUT2D eigenvalue weighted by Crippen LogP contribution is 2.26. The molecule has 0 aliphatic heterocycles. The van der Waals surface area contributed by atoms with E-state index in [1.54, 1.807) is 24.3 Å². The van der Waals surface area contributed by atoms with E-state index in [1.165, 1.54) is 0 Å². The van der Waals surface area contributed by atoms with Crippen molar-refractivity contribution in [2.24, 2.45) is 5.73 Å².